The van der Waals surface area contributed by atoms with Crippen LogP contribution in [0.15, 0.2) is 17.5 Å². The number of nitrogens with zero attached hydrogens (tertiary/aromatic N) is 1. The van der Waals surface area contributed by atoms with E-state index in [0.29, 0.717) is 0 Å². The van der Waals surface area contributed by atoms with E-state index in [1.165, 1.54) is 4.88 Å². The zero-order valence-corrected chi connectivity index (χ0v) is 8.80. The van der Waals surface area contributed by atoms with E-state index in [4.69, 9.17) is 5.73 Å². The maximum atomic E-state index is 11.7. The Morgan fingerprint density at radius 1 is 1.64 bits per heavy atom. The number of thiophene rings is 1. The zero-order valence-electron chi connectivity index (χ0n) is 7.98. The van der Waals surface area contributed by atoms with Gasteiger partial charge in [-0.25, -0.2) is 0 Å². The Morgan fingerprint density at radius 3 is 3.21 bits per heavy atom. The highest BCUT2D eigenvalue weighted by Crippen LogP contribution is 2.16. The number of hydrogen-bond acceptors (Lipinski definition) is 3. The Bertz CT molecular complexity index is 310. The van der Waals surface area contributed by atoms with Crippen LogP contribution in [0.4, 0.5) is 0 Å². The molecule has 2 heterocycles. The van der Waals surface area contributed by atoms with E-state index in [1.807, 2.05) is 16.3 Å². The first-order valence-electron chi connectivity index (χ1n) is 4.84. The third-order valence-corrected chi connectivity index (χ3v) is 3.36. The molecular weight excluding hydrogens is 196 g/mol. The molecule has 1 aliphatic heterocycles. The molecule has 1 aromatic rings. The second-order valence-electron chi connectivity index (χ2n) is 3.59. The van der Waals surface area contributed by atoms with Crippen LogP contribution in [-0.4, -0.2) is 23.4 Å². The number of hydrogen-bond donors (Lipinski definition) is 1. The van der Waals surface area contributed by atoms with Crippen molar-refractivity contribution in [1.29, 1.82) is 0 Å². The summed E-state index contributed by atoms with van der Waals surface area (Å²) in [7, 11) is 0. The molecule has 14 heavy (non-hydrogen) atoms. The third kappa shape index (κ3) is 1.96. The van der Waals surface area contributed by atoms with Crippen LogP contribution in [0.2, 0.25) is 0 Å². The molecule has 0 spiro atoms. The first-order valence-corrected chi connectivity index (χ1v) is 5.72. The van der Waals surface area contributed by atoms with Gasteiger partial charge in [-0.3, -0.25) is 4.79 Å². The van der Waals surface area contributed by atoms with Crippen LogP contribution in [-0.2, 0) is 11.3 Å². The molecular formula is C10H14N2OS. The van der Waals surface area contributed by atoms with E-state index in [1.54, 1.807) is 11.3 Å². The fourth-order valence-corrected chi connectivity index (χ4v) is 2.44. The number of carbonyl (C=O) groups excluding carboxylic acids is 1. The van der Waals surface area contributed by atoms with Gasteiger partial charge >= 0.3 is 0 Å². The molecule has 1 amide bonds. The highest BCUT2D eigenvalue weighted by molar-refractivity contribution is 7.09. The Labute approximate surface area is 87.5 Å². The van der Waals surface area contributed by atoms with Crippen molar-refractivity contribution in [3.05, 3.63) is 22.4 Å². The van der Waals surface area contributed by atoms with E-state index in [2.05, 4.69) is 6.07 Å². The summed E-state index contributed by atoms with van der Waals surface area (Å²) in [6.45, 7) is 1.58. The van der Waals surface area contributed by atoms with Crippen molar-refractivity contribution in [3.63, 3.8) is 0 Å². The van der Waals surface area contributed by atoms with E-state index < -0.39 is 0 Å². The molecule has 1 unspecified atom stereocenters. The maximum Gasteiger partial charge on any atom is 0.239 e. The summed E-state index contributed by atoms with van der Waals surface area (Å²) in [4.78, 5) is 14.7. The Hall–Kier alpha value is -0.870. The number of rotatable bonds is 2. The Kier molecular flexibility index (Phi) is 2.84. The molecule has 2 N–H and O–H groups in total. The SMILES string of the molecule is NC1CCCN(Cc2cccs2)C1=O. The van der Waals surface area contributed by atoms with Crippen molar-refractivity contribution >= 4 is 17.2 Å². The molecule has 2 rings (SSSR count). The average Bonchev–Trinajstić information content (AvgIpc) is 2.66. The van der Waals surface area contributed by atoms with Gasteiger partial charge in [-0.05, 0) is 24.3 Å². The highest BCUT2D eigenvalue weighted by Gasteiger charge is 2.25. The number of nitrogens with two attached hydrogens (primary N) is 1. The number of likely N-dealkylation sites (tertiary alicyclic amines) is 1. The first kappa shape index (κ1) is 9.68. The standard InChI is InChI=1S/C10H14N2OS/c11-9-4-1-5-12(10(9)13)7-8-3-2-6-14-8/h2-3,6,9H,1,4-5,7,11H2. The van der Waals surface area contributed by atoms with Crippen LogP contribution in [0.25, 0.3) is 0 Å². The van der Waals surface area contributed by atoms with Gasteiger partial charge in [0.25, 0.3) is 0 Å². The lowest BCUT2D eigenvalue weighted by atomic mass is 10.1. The monoisotopic (exact) mass is 210 g/mol. The number of carbonyl (C=O) groups is 1. The van der Waals surface area contributed by atoms with Crippen LogP contribution in [0.5, 0.6) is 0 Å². The second kappa shape index (κ2) is 4.11. The van der Waals surface area contributed by atoms with Crippen molar-refractivity contribution in [3.8, 4) is 0 Å². The van der Waals surface area contributed by atoms with E-state index in [0.717, 1.165) is 25.9 Å². The predicted molar refractivity (Wildman–Crippen MR) is 56.9 cm³/mol. The lowest BCUT2D eigenvalue weighted by molar-refractivity contribution is -0.135. The number of amides is 1. The molecule has 1 fully saturated rings. The molecule has 76 valence electrons. The van der Waals surface area contributed by atoms with Crippen molar-refractivity contribution in [2.24, 2.45) is 5.73 Å². The zero-order chi connectivity index (χ0) is 9.97. The summed E-state index contributed by atoms with van der Waals surface area (Å²) in [6, 6.07) is 3.79. The van der Waals surface area contributed by atoms with Gasteiger partial charge in [-0.2, -0.15) is 0 Å². The summed E-state index contributed by atoms with van der Waals surface area (Å²) in [5.74, 6) is 0.102. The van der Waals surface area contributed by atoms with Gasteiger partial charge in [-0.1, -0.05) is 6.07 Å². The van der Waals surface area contributed by atoms with Crippen molar-refractivity contribution in [2.45, 2.75) is 25.4 Å². The predicted octanol–water partition coefficient (Wildman–Crippen LogP) is 1.20. The summed E-state index contributed by atoms with van der Waals surface area (Å²) in [5, 5.41) is 2.03. The van der Waals surface area contributed by atoms with Crippen LogP contribution in [0, 0.1) is 0 Å². The van der Waals surface area contributed by atoms with Gasteiger partial charge < -0.3 is 10.6 Å². The van der Waals surface area contributed by atoms with Crippen molar-refractivity contribution < 1.29 is 4.79 Å². The average molecular weight is 210 g/mol. The van der Waals surface area contributed by atoms with Gasteiger partial charge in [-0.15, -0.1) is 11.3 Å². The summed E-state index contributed by atoms with van der Waals surface area (Å²) >= 11 is 1.69. The minimum atomic E-state index is -0.274. The molecule has 0 aliphatic carbocycles. The molecule has 0 saturated carbocycles. The molecule has 0 radical (unpaired) electrons. The van der Waals surface area contributed by atoms with Gasteiger partial charge in [0.1, 0.15) is 0 Å². The summed E-state index contributed by atoms with van der Waals surface area (Å²) in [5.41, 5.74) is 5.71. The molecule has 1 saturated heterocycles. The van der Waals surface area contributed by atoms with Crippen molar-refractivity contribution in [1.82, 2.24) is 4.90 Å². The van der Waals surface area contributed by atoms with E-state index in [9.17, 15) is 4.79 Å². The van der Waals surface area contributed by atoms with Crippen molar-refractivity contribution in [2.75, 3.05) is 6.54 Å². The smallest absolute Gasteiger partial charge is 0.239 e. The van der Waals surface area contributed by atoms with E-state index >= 15 is 0 Å². The largest absolute Gasteiger partial charge is 0.336 e. The first-order chi connectivity index (χ1) is 6.77. The normalized spacial score (nSPS) is 22.8. The fraction of sp³-hybridized carbons (Fsp3) is 0.500. The van der Waals surface area contributed by atoms with Gasteiger partial charge in [0.05, 0.1) is 12.6 Å². The second-order valence-corrected chi connectivity index (χ2v) is 4.62. The summed E-state index contributed by atoms with van der Waals surface area (Å²) in [6.07, 6.45) is 1.86. The molecule has 0 aromatic carbocycles. The third-order valence-electron chi connectivity index (χ3n) is 2.50. The maximum absolute atomic E-state index is 11.7. The van der Waals surface area contributed by atoms with Gasteiger partial charge in [0, 0.05) is 11.4 Å². The molecule has 0 bridgehead atoms. The van der Waals surface area contributed by atoms with Gasteiger partial charge in [0.15, 0.2) is 0 Å². The molecule has 1 aromatic heterocycles. The Balaban J connectivity index is 2.00. The fourth-order valence-electron chi connectivity index (χ4n) is 1.72. The molecule has 1 aliphatic rings. The quantitative estimate of drug-likeness (QED) is 0.797. The Morgan fingerprint density at radius 2 is 2.50 bits per heavy atom. The minimum absolute atomic E-state index is 0.102. The lowest BCUT2D eigenvalue weighted by Crippen LogP contribution is -2.47. The van der Waals surface area contributed by atoms with E-state index in [-0.39, 0.29) is 11.9 Å². The van der Waals surface area contributed by atoms with Gasteiger partial charge in [0.2, 0.25) is 5.91 Å². The summed E-state index contributed by atoms with van der Waals surface area (Å²) < 4.78 is 0. The van der Waals surface area contributed by atoms with Crippen LogP contribution >= 0.6 is 11.3 Å². The number of piperidine rings is 1. The van der Waals surface area contributed by atoms with Crippen LogP contribution < -0.4 is 5.73 Å². The lowest BCUT2D eigenvalue weighted by Gasteiger charge is -2.29. The minimum Gasteiger partial charge on any atom is -0.336 e. The topological polar surface area (TPSA) is 46.3 Å². The highest BCUT2D eigenvalue weighted by atomic mass is 32.1. The molecule has 4 heteroatoms. The van der Waals surface area contributed by atoms with Crippen LogP contribution in [0.3, 0.4) is 0 Å². The van der Waals surface area contributed by atoms with Crippen LogP contribution in [0.1, 0.15) is 17.7 Å². The molecule has 1 atom stereocenters. The molecule has 3 nitrogen and oxygen atoms in total.